The highest BCUT2D eigenvalue weighted by atomic mass is 19.4. The SMILES string of the molecule is O=C1N[C@H](c2cncc(-c3cccc(C(F)(F)F)c3)c2)C(c2cc(F)ccc2F)O1. The summed E-state index contributed by atoms with van der Waals surface area (Å²) in [7, 11) is 0. The van der Waals surface area contributed by atoms with Gasteiger partial charge in [-0.2, -0.15) is 13.2 Å². The number of nitrogens with zero attached hydrogens (tertiary/aromatic N) is 1. The minimum absolute atomic E-state index is 0.164. The Labute approximate surface area is 167 Å². The predicted octanol–water partition coefficient (Wildman–Crippen LogP) is 5.57. The average molecular weight is 420 g/mol. The van der Waals surface area contributed by atoms with Crippen LogP contribution in [0, 0.1) is 11.6 Å². The highest BCUT2D eigenvalue weighted by molar-refractivity contribution is 5.72. The van der Waals surface area contributed by atoms with Gasteiger partial charge in [-0.1, -0.05) is 12.1 Å². The van der Waals surface area contributed by atoms with Crippen LogP contribution in [0.1, 0.15) is 28.8 Å². The van der Waals surface area contributed by atoms with Crippen molar-refractivity contribution < 1.29 is 31.5 Å². The second-order valence-electron chi connectivity index (χ2n) is 6.70. The average Bonchev–Trinajstić information content (AvgIpc) is 3.11. The third kappa shape index (κ3) is 3.83. The summed E-state index contributed by atoms with van der Waals surface area (Å²) in [6.45, 7) is 0. The number of cyclic esters (lactones) is 1. The first-order valence-corrected chi connectivity index (χ1v) is 8.77. The smallest absolute Gasteiger partial charge is 0.416 e. The van der Waals surface area contributed by atoms with Crippen LogP contribution in [0.4, 0.5) is 26.7 Å². The lowest BCUT2D eigenvalue weighted by atomic mass is 9.95. The van der Waals surface area contributed by atoms with Gasteiger partial charge in [0.2, 0.25) is 0 Å². The third-order valence-corrected chi connectivity index (χ3v) is 4.72. The van der Waals surface area contributed by atoms with Crippen LogP contribution in [-0.2, 0) is 10.9 Å². The van der Waals surface area contributed by atoms with Crippen molar-refractivity contribution in [2.24, 2.45) is 0 Å². The van der Waals surface area contributed by atoms with E-state index in [1.165, 1.54) is 30.6 Å². The van der Waals surface area contributed by atoms with Crippen molar-refractivity contribution in [2.45, 2.75) is 18.3 Å². The van der Waals surface area contributed by atoms with Crippen LogP contribution in [-0.4, -0.2) is 11.1 Å². The molecule has 1 aliphatic rings. The van der Waals surface area contributed by atoms with E-state index < -0.39 is 41.6 Å². The van der Waals surface area contributed by atoms with Gasteiger partial charge in [0, 0.05) is 23.5 Å². The molecule has 1 N–H and O–H groups in total. The molecule has 154 valence electrons. The second-order valence-corrected chi connectivity index (χ2v) is 6.70. The van der Waals surface area contributed by atoms with E-state index in [1.54, 1.807) is 0 Å². The van der Waals surface area contributed by atoms with Gasteiger partial charge in [0.1, 0.15) is 17.7 Å². The summed E-state index contributed by atoms with van der Waals surface area (Å²) in [5.74, 6) is -1.46. The minimum Gasteiger partial charge on any atom is -0.439 e. The third-order valence-electron chi connectivity index (χ3n) is 4.72. The standard InChI is InChI=1S/C21H13F5N2O2/c22-15-4-5-17(23)16(8-15)19-18(28-20(29)30-19)13-6-12(9-27-10-13)11-2-1-3-14(7-11)21(24,25)26/h1-10,18-19H,(H,28,29)/t18-,19?/m1/s1. The molecule has 2 atom stereocenters. The Kier molecular flexibility index (Phi) is 4.89. The van der Waals surface area contributed by atoms with Crippen LogP contribution < -0.4 is 5.32 Å². The number of hydrogen-bond donors (Lipinski definition) is 1. The first kappa shape index (κ1) is 19.8. The first-order chi connectivity index (χ1) is 14.2. The van der Waals surface area contributed by atoms with Gasteiger partial charge in [-0.3, -0.25) is 4.98 Å². The van der Waals surface area contributed by atoms with Gasteiger partial charge in [-0.05, 0) is 47.5 Å². The van der Waals surface area contributed by atoms with Crippen molar-refractivity contribution in [1.29, 1.82) is 0 Å². The molecule has 2 heterocycles. The first-order valence-electron chi connectivity index (χ1n) is 8.77. The predicted molar refractivity (Wildman–Crippen MR) is 96.1 cm³/mol. The molecule has 1 aliphatic heterocycles. The van der Waals surface area contributed by atoms with Gasteiger partial charge in [0.05, 0.1) is 5.56 Å². The molecule has 4 nitrogen and oxygen atoms in total. The van der Waals surface area contributed by atoms with E-state index in [0.29, 0.717) is 11.1 Å². The number of alkyl halides is 3. The van der Waals surface area contributed by atoms with E-state index in [4.69, 9.17) is 4.74 Å². The minimum atomic E-state index is -4.51. The molecule has 0 spiro atoms. The maximum absolute atomic E-state index is 14.2. The van der Waals surface area contributed by atoms with Gasteiger partial charge >= 0.3 is 12.3 Å². The number of benzene rings is 2. The summed E-state index contributed by atoms with van der Waals surface area (Å²) in [6, 6.07) is 8.10. The second kappa shape index (κ2) is 7.40. The van der Waals surface area contributed by atoms with Crippen molar-refractivity contribution in [2.75, 3.05) is 0 Å². The van der Waals surface area contributed by atoms with Gasteiger partial charge in [0.25, 0.3) is 0 Å². The van der Waals surface area contributed by atoms with Crippen molar-refractivity contribution in [3.63, 3.8) is 0 Å². The lowest BCUT2D eigenvalue weighted by molar-refractivity contribution is -0.137. The number of pyridine rings is 1. The Morgan fingerprint density at radius 2 is 1.77 bits per heavy atom. The number of amides is 1. The fraction of sp³-hybridized carbons (Fsp3) is 0.143. The van der Waals surface area contributed by atoms with E-state index in [0.717, 1.165) is 30.3 Å². The Balaban J connectivity index is 1.73. The molecule has 1 saturated heterocycles. The van der Waals surface area contributed by atoms with Crippen molar-refractivity contribution in [3.8, 4) is 11.1 Å². The summed E-state index contributed by atoms with van der Waals surface area (Å²) in [6.07, 6.45) is -3.77. The van der Waals surface area contributed by atoms with Crippen LogP contribution in [0.5, 0.6) is 0 Å². The van der Waals surface area contributed by atoms with Crippen molar-refractivity contribution in [1.82, 2.24) is 10.3 Å². The molecule has 1 unspecified atom stereocenters. The molecule has 0 aliphatic carbocycles. The zero-order valence-electron chi connectivity index (χ0n) is 15.1. The zero-order valence-corrected chi connectivity index (χ0v) is 15.1. The van der Waals surface area contributed by atoms with Crippen LogP contribution >= 0.6 is 0 Å². The molecule has 9 heteroatoms. The number of hydrogen-bond acceptors (Lipinski definition) is 3. The molecule has 2 aromatic carbocycles. The maximum atomic E-state index is 14.2. The van der Waals surface area contributed by atoms with Crippen molar-refractivity contribution in [3.05, 3.63) is 89.2 Å². The summed E-state index contributed by atoms with van der Waals surface area (Å²) in [5, 5.41) is 2.51. The van der Waals surface area contributed by atoms with Gasteiger partial charge in [-0.15, -0.1) is 0 Å². The van der Waals surface area contributed by atoms with Gasteiger partial charge in [-0.25, -0.2) is 13.6 Å². The molecule has 1 aromatic heterocycles. The van der Waals surface area contributed by atoms with Gasteiger partial charge < -0.3 is 10.1 Å². The van der Waals surface area contributed by atoms with E-state index in [1.807, 2.05) is 0 Å². The Bertz CT molecular complexity index is 1120. The van der Waals surface area contributed by atoms with E-state index in [2.05, 4.69) is 10.3 Å². The Hall–Kier alpha value is -3.49. The van der Waals surface area contributed by atoms with Crippen LogP contribution in [0.2, 0.25) is 0 Å². The number of carbonyl (C=O) groups excluding carboxylic acids is 1. The molecular formula is C21H13F5N2O2. The Morgan fingerprint density at radius 1 is 0.967 bits per heavy atom. The lowest BCUT2D eigenvalue weighted by Gasteiger charge is -2.19. The monoisotopic (exact) mass is 420 g/mol. The number of aromatic nitrogens is 1. The molecule has 1 amide bonds. The number of carbonyl (C=O) groups is 1. The van der Waals surface area contributed by atoms with Crippen LogP contribution in [0.3, 0.4) is 0 Å². The largest absolute Gasteiger partial charge is 0.439 e. The molecular weight excluding hydrogens is 407 g/mol. The number of alkyl carbamates (subject to hydrolysis) is 1. The topological polar surface area (TPSA) is 51.2 Å². The van der Waals surface area contributed by atoms with Crippen LogP contribution in [0.15, 0.2) is 60.9 Å². The summed E-state index contributed by atoms with van der Waals surface area (Å²) < 4.78 is 72.0. The van der Waals surface area contributed by atoms with Crippen LogP contribution in [0.25, 0.3) is 11.1 Å². The number of nitrogens with one attached hydrogen (secondary N) is 1. The van der Waals surface area contributed by atoms with E-state index in [-0.39, 0.29) is 11.1 Å². The zero-order chi connectivity index (χ0) is 21.5. The van der Waals surface area contributed by atoms with E-state index >= 15 is 0 Å². The number of halogens is 5. The molecule has 0 bridgehead atoms. The maximum Gasteiger partial charge on any atom is 0.416 e. The molecule has 0 radical (unpaired) electrons. The fourth-order valence-corrected chi connectivity index (χ4v) is 3.31. The summed E-state index contributed by atoms with van der Waals surface area (Å²) >= 11 is 0. The fourth-order valence-electron chi connectivity index (χ4n) is 3.31. The summed E-state index contributed by atoms with van der Waals surface area (Å²) in [4.78, 5) is 15.9. The normalized spacial score (nSPS) is 18.8. The van der Waals surface area contributed by atoms with E-state index in [9.17, 15) is 26.7 Å². The molecule has 30 heavy (non-hydrogen) atoms. The molecule has 0 saturated carbocycles. The van der Waals surface area contributed by atoms with Gasteiger partial charge in [0.15, 0.2) is 6.10 Å². The highest BCUT2D eigenvalue weighted by Gasteiger charge is 2.38. The lowest BCUT2D eigenvalue weighted by Crippen LogP contribution is -2.20. The molecule has 1 fully saturated rings. The number of ether oxygens (including phenoxy) is 1. The number of rotatable bonds is 3. The quantitative estimate of drug-likeness (QED) is 0.564. The van der Waals surface area contributed by atoms with Crippen molar-refractivity contribution >= 4 is 6.09 Å². The highest BCUT2D eigenvalue weighted by Crippen LogP contribution is 2.39. The Morgan fingerprint density at radius 3 is 2.53 bits per heavy atom. The molecule has 4 rings (SSSR count). The summed E-state index contributed by atoms with van der Waals surface area (Å²) in [5.41, 5.74) is 0.00553. The molecule has 3 aromatic rings.